The molecule has 1 N–H and O–H groups in total. The van der Waals surface area contributed by atoms with E-state index >= 15 is 0 Å². The second-order valence-electron chi connectivity index (χ2n) is 6.79. The summed E-state index contributed by atoms with van der Waals surface area (Å²) in [6, 6.07) is 17.4. The van der Waals surface area contributed by atoms with Gasteiger partial charge in [-0.3, -0.25) is 14.9 Å². The van der Waals surface area contributed by atoms with Crippen LogP contribution in [0.5, 0.6) is 0 Å². The number of nitrogens with zero attached hydrogens (tertiary/aromatic N) is 1. The summed E-state index contributed by atoms with van der Waals surface area (Å²) in [6.45, 7) is 2.02. The van der Waals surface area contributed by atoms with Gasteiger partial charge in [-0.15, -0.1) is 0 Å². The van der Waals surface area contributed by atoms with Crippen molar-refractivity contribution in [1.82, 2.24) is 5.32 Å². The number of para-hydroxylation sites is 1. The third kappa shape index (κ3) is 4.06. The van der Waals surface area contributed by atoms with Crippen LogP contribution in [0.15, 0.2) is 76.7 Å². The van der Waals surface area contributed by atoms with E-state index in [4.69, 9.17) is 9.15 Å². The number of amides is 4. The van der Waals surface area contributed by atoms with Crippen LogP contribution in [0.4, 0.5) is 10.5 Å². The van der Waals surface area contributed by atoms with Crippen LogP contribution in [-0.4, -0.2) is 30.4 Å². The second kappa shape index (κ2) is 8.73. The Labute approximate surface area is 183 Å². The fourth-order valence-corrected chi connectivity index (χ4v) is 3.18. The van der Waals surface area contributed by atoms with Gasteiger partial charge in [0.1, 0.15) is 17.1 Å². The van der Waals surface area contributed by atoms with Gasteiger partial charge in [0.15, 0.2) is 0 Å². The number of hydrogen-bond acceptors (Lipinski definition) is 6. The summed E-state index contributed by atoms with van der Waals surface area (Å²) >= 11 is 0. The lowest BCUT2D eigenvalue weighted by Gasteiger charge is -2.26. The number of benzene rings is 2. The lowest BCUT2D eigenvalue weighted by molar-refractivity contribution is -0.122. The molecule has 0 radical (unpaired) electrons. The van der Waals surface area contributed by atoms with E-state index in [-0.39, 0.29) is 17.9 Å². The summed E-state index contributed by atoms with van der Waals surface area (Å²) in [6.07, 6.45) is 1.29. The molecule has 0 spiro atoms. The smallest absolute Gasteiger partial charge is 0.338 e. The largest absolute Gasteiger partial charge is 0.462 e. The fraction of sp³-hybridized carbons (Fsp3) is 0.0833. The molecule has 0 unspecified atom stereocenters. The van der Waals surface area contributed by atoms with Crippen molar-refractivity contribution >= 4 is 35.6 Å². The van der Waals surface area contributed by atoms with Gasteiger partial charge >= 0.3 is 12.0 Å². The van der Waals surface area contributed by atoms with Crippen LogP contribution in [0.1, 0.15) is 23.0 Å². The monoisotopic (exact) mass is 430 g/mol. The van der Waals surface area contributed by atoms with Gasteiger partial charge in [0.05, 0.1) is 17.9 Å². The molecule has 0 atom stereocenters. The highest BCUT2D eigenvalue weighted by Gasteiger charge is 2.36. The summed E-state index contributed by atoms with van der Waals surface area (Å²) < 4.78 is 10.7. The van der Waals surface area contributed by atoms with E-state index in [0.717, 1.165) is 4.90 Å². The maximum absolute atomic E-state index is 12.9. The predicted molar refractivity (Wildman–Crippen MR) is 116 cm³/mol. The summed E-state index contributed by atoms with van der Waals surface area (Å²) in [7, 11) is 0. The molecule has 1 saturated heterocycles. The van der Waals surface area contributed by atoms with E-state index in [1.54, 1.807) is 73.7 Å². The molecule has 2 heterocycles. The predicted octanol–water partition coefficient (Wildman–Crippen LogP) is 3.79. The first kappa shape index (κ1) is 20.8. The van der Waals surface area contributed by atoms with E-state index < -0.39 is 23.8 Å². The standard InChI is InChI=1S/C24H18N2O6/c1-2-31-23(29)16-10-8-15(9-11-16)20-13-12-18(32-20)14-19-21(27)25-24(30)26(22(19)28)17-6-4-3-5-7-17/h3-14H,2H2,1H3,(H,25,27,30)/b19-14+. The van der Waals surface area contributed by atoms with E-state index in [9.17, 15) is 19.2 Å². The molecule has 1 fully saturated rings. The molecule has 1 aliphatic heterocycles. The molecule has 0 saturated carbocycles. The van der Waals surface area contributed by atoms with Crippen molar-refractivity contribution in [2.75, 3.05) is 11.5 Å². The number of imide groups is 2. The van der Waals surface area contributed by atoms with Gasteiger partial charge in [0.25, 0.3) is 11.8 Å². The van der Waals surface area contributed by atoms with Gasteiger partial charge in [-0.2, -0.15) is 0 Å². The minimum atomic E-state index is -0.815. The Hall–Kier alpha value is -4.46. The number of urea groups is 1. The van der Waals surface area contributed by atoms with Crippen molar-refractivity contribution in [2.45, 2.75) is 6.92 Å². The molecule has 4 amide bonds. The number of anilines is 1. The highest BCUT2D eigenvalue weighted by molar-refractivity contribution is 6.39. The molecule has 1 aromatic heterocycles. The Balaban J connectivity index is 1.59. The van der Waals surface area contributed by atoms with Gasteiger partial charge in [-0.05, 0) is 49.4 Å². The average Bonchev–Trinajstić information content (AvgIpc) is 3.26. The Kier molecular flexibility index (Phi) is 5.67. The number of hydrogen-bond donors (Lipinski definition) is 1. The lowest BCUT2D eigenvalue weighted by Crippen LogP contribution is -2.54. The van der Waals surface area contributed by atoms with Gasteiger partial charge in [0.2, 0.25) is 0 Å². The van der Waals surface area contributed by atoms with Crippen LogP contribution in [0.25, 0.3) is 17.4 Å². The molecular formula is C24H18N2O6. The van der Waals surface area contributed by atoms with E-state index in [0.29, 0.717) is 22.6 Å². The number of esters is 1. The zero-order chi connectivity index (χ0) is 22.7. The SMILES string of the molecule is CCOC(=O)c1ccc(-c2ccc(/C=C3\C(=O)NC(=O)N(c4ccccc4)C3=O)o2)cc1. The first-order valence-corrected chi connectivity index (χ1v) is 9.82. The Bertz CT molecular complexity index is 1220. The number of furan rings is 1. The third-order valence-electron chi connectivity index (χ3n) is 4.71. The average molecular weight is 430 g/mol. The van der Waals surface area contributed by atoms with Gasteiger partial charge in [-0.25, -0.2) is 14.5 Å². The molecule has 4 rings (SSSR count). The Morgan fingerprint density at radius 3 is 2.41 bits per heavy atom. The first-order chi connectivity index (χ1) is 15.5. The second-order valence-corrected chi connectivity index (χ2v) is 6.79. The van der Waals surface area contributed by atoms with Crippen molar-refractivity contribution in [2.24, 2.45) is 0 Å². The molecule has 0 bridgehead atoms. The molecule has 8 heteroatoms. The van der Waals surface area contributed by atoms with E-state index in [2.05, 4.69) is 5.32 Å². The number of barbiturate groups is 1. The van der Waals surface area contributed by atoms with Crippen LogP contribution < -0.4 is 10.2 Å². The summed E-state index contributed by atoms with van der Waals surface area (Å²) in [5, 5.41) is 2.17. The van der Waals surface area contributed by atoms with Gasteiger partial charge in [-0.1, -0.05) is 30.3 Å². The Morgan fingerprint density at radius 1 is 1.00 bits per heavy atom. The van der Waals surface area contributed by atoms with Crippen molar-refractivity contribution in [3.05, 3.63) is 83.6 Å². The lowest BCUT2D eigenvalue weighted by atomic mass is 10.1. The van der Waals surface area contributed by atoms with Crippen molar-refractivity contribution < 1.29 is 28.3 Å². The molecule has 0 aliphatic carbocycles. The normalized spacial score (nSPS) is 15.1. The summed E-state index contributed by atoms with van der Waals surface area (Å²) in [5.74, 6) is -1.23. The molecule has 160 valence electrons. The number of ether oxygens (including phenoxy) is 1. The molecule has 32 heavy (non-hydrogen) atoms. The molecule has 1 aliphatic rings. The zero-order valence-electron chi connectivity index (χ0n) is 17.0. The third-order valence-corrected chi connectivity index (χ3v) is 4.71. The van der Waals surface area contributed by atoms with Crippen LogP contribution in [-0.2, 0) is 14.3 Å². The van der Waals surface area contributed by atoms with Crippen molar-refractivity contribution in [3.8, 4) is 11.3 Å². The van der Waals surface area contributed by atoms with Gasteiger partial charge < -0.3 is 9.15 Å². The highest BCUT2D eigenvalue weighted by atomic mass is 16.5. The van der Waals surface area contributed by atoms with E-state index in [1.165, 1.54) is 6.08 Å². The van der Waals surface area contributed by atoms with Crippen LogP contribution >= 0.6 is 0 Å². The topological polar surface area (TPSA) is 106 Å². The van der Waals surface area contributed by atoms with Crippen molar-refractivity contribution in [3.63, 3.8) is 0 Å². The molecular weight excluding hydrogens is 412 g/mol. The molecule has 2 aromatic carbocycles. The number of rotatable bonds is 5. The Morgan fingerprint density at radius 2 is 1.72 bits per heavy atom. The zero-order valence-corrected chi connectivity index (χ0v) is 17.0. The maximum Gasteiger partial charge on any atom is 0.338 e. The minimum absolute atomic E-state index is 0.230. The first-order valence-electron chi connectivity index (χ1n) is 9.82. The van der Waals surface area contributed by atoms with Crippen molar-refractivity contribution in [1.29, 1.82) is 0 Å². The fourth-order valence-electron chi connectivity index (χ4n) is 3.18. The minimum Gasteiger partial charge on any atom is -0.462 e. The summed E-state index contributed by atoms with van der Waals surface area (Å²) in [4.78, 5) is 50.1. The van der Waals surface area contributed by atoms with Gasteiger partial charge in [0, 0.05) is 5.56 Å². The van der Waals surface area contributed by atoms with Crippen LogP contribution in [0.3, 0.4) is 0 Å². The molecule has 3 aromatic rings. The van der Waals surface area contributed by atoms with Crippen LogP contribution in [0.2, 0.25) is 0 Å². The van der Waals surface area contributed by atoms with Crippen LogP contribution in [0, 0.1) is 0 Å². The molecule has 8 nitrogen and oxygen atoms in total. The number of nitrogens with one attached hydrogen (secondary N) is 1. The number of carbonyl (C=O) groups is 4. The highest BCUT2D eigenvalue weighted by Crippen LogP contribution is 2.26. The number of carbonyl (C=O) groups excluding carboxylic acids is 4. The summed E-state index contributed by atoms with van der Waals surface area (Å²) in [5.41, 5.74) is 1.23. The maximum atomic E-state index is 12.9. The quantitative estimate of drug-likeness (QED) is 0.375. The van der Waals surface area contributed by atoms with E-state index in [1.807, 2.05) is 0 Å².